The summed E-state index contributed by atoms with van der Waals surface area (Å²) in [7, 11) is 0. The molecule has 0 saturated carbocycles. The fraction of sp³-hybridized carbons (Fsp3) is 0.625. The van der Waals surface area contributed by atoms with Crippen molar-refractivity contribution in [1.82, 2.24) is 5.32 Å². The highest BCUT2D eigenvalue weighted by molar-refractivity contribution is 6.31. The SMILES string of the molecule is CCNC(Cc1ccc(C)cc1Cl)C1(C)CCCO1. The zero-order valence-electron chi connectivity index (χ0n) is 12.1. The number of hydrogen-bond acceptors (Lipinski definition) is 2. The number of halogens is 1. The summed E-state index contributed by atoms with van der Waals surface area (Å²) in [4.78, 5) is 0. The first-order chi connectivity index (χ1) is 9.05. The molecular formula is C16H24ClNO. The zero-order chi connectivity index (χ0) is 13.9. The lowest BCUT2D eigenvalue weighted by atomic mass is 9.88. The lowest BCUT2D eigenvalue weighted by Crippen LogP contribution is -2.49. The molecule has 1 fully saturated rings. The van der Waals surface area contributed by atoms with Crippen LogP contribution in [0.25, 0.3) is 0 Å². The maximum Gasteiger partial charge on any atom is 0.0810 e. The first-order valence-corrected chi connectivity index (χ1v) is 7.55. The van der Waals surface area contributed by atoms with E-state index in [4.69, 9.17) is 16.3 Å². The molecule has 1 aromatic rings. The predicted molar refractivity (Wildman–Crippen MR) is 80.9 cm³/mol. The summed E-state index contributed by atoms with van der Waals surface area (Å²) in [5.74, 6) is 0. The van der Waals surface area contributed by atoms with Gasteiger partial charge in [0.25, 0.3) is 0 Å². The fourth-order valence-electron chi connectivity index (χ4n) is 2.86. The largest absolute Gasteiger partial charge is 0.374 e. The number of likely N-dealkylation sites (N-methyl/N-ethyl adjacent to an activating group) is 1. The van der Waals surface area contributed by atoms with Gasteiger partial charge in [-0.3, -0.25) is 0 Å². The number of hydrogen-bond donors (Lipinski definition) is 1. The summed E-state index contributed by atoms with van der Waals surface area (Å²) in [6.45, 7) is 8.25. The molecule has 2 atom stereocenters. The third-order valence-electron chi connectivity index (χ3n) is 4.07. The molecule has 0 aromatic heterocycles. The molecule has 2 nitrogen and oxygen atoms in total. The van der Waals surface area contributed by atoms with E-state index in [2.05, 4.69) is 38.2 Å². The van der Waals surface area contributed by atoms with Crippen LogP contribution in [-0.2, 0) is 11.2 Å². The van der Waals surface area contributed by atoms with Gasteiger partial charge >= 0.3 is 0 Å². The van der Waals surface area contributed by atoms with E-state index >= 15 is 0 Å². The van der Waals surface area contributed by atoms with Gasteiger partial charge in [0.1, 0.15) is 0 Å². The van der Waals surface area contributed by atoms with Gasteiger partial charge in [-0.2, -0.15) is 0 Å². The third-order valence-corrected chi connectivity index (χ3v) is 4.42. The Hall–Kier alpha value is -0.570. The van der Waals surface area contributed by atoms with Crippen molar-refractivity contribution in [2.45, 2.75) is 51.7 Å². The van der Waals surface area contributed by atoms with E-state index in [1.165, 1.54) is 11.1 Å². The molecule has 1 saturated heterocycles. The van der Waals surface area contributed by atoms with Crippen LogP contribution >= 0.6 is 11.6 Å². The molecule has 2 unspecified atom stereocenters. The third kappa shape index (κ3) is 3.50. The van der Waals surface area contributed by atoms with E-state index in [1.54, 1.807) is 0 Å². The van der Waals surface area contributed by atoms with E-state index in [-0.39, 0.29) is 5.60 Å². The van der Waals surface area contributed by atoms with Crippen LogP contribution in [0.2, 0.25) is 5.02 Å². The van der Waals surface area contributed by atoms with Gasteiger partial charge in [-0.1, -0.05) is 30.7 Å². The molecule has 1 aliphatic rings. The molecule has 2 rings (SSSR count). The smallest absolute Gasteiger partial charge is 0.0810 e. The fourth-order valence-corrected chi connectivity index (χ4v) is 3.18. The lowest BCUT2D eigenvalue weighted by molar-refractivity contribution is -0.0110. The molecule has 0 bridgehead atoms. The van der Waals surface area contributed by atoms with E-state index in [9.17, 15) is 0 Å². The molecule has 1 N–H and O–H groups in total. The molecule has 1 aromatic carbocycles. The Bertz CT molecular complexity index is 427. The van der Waals surface area contributed by atoms with Gasteiger partial charge < -0.3 is 10.1 Å². The van der Waals surface area contributed by atoms with Gasteiger partial charge in [0.05, 0.1) is 5.60 Å². The van der Waals surface area contributed by atoms with Crippen LogP contribution in [0.3, 0.4) is 0 Å². The second-order valence-electron chi connectivity index (χ2n) is 5.67. The van der Waals surface area contributed by atoms with Crippen LogP contribution in [-0.4, -0.2) is 24.8 Å². The Balaban J connectivity index is 2.16. The number of nitrogens with one attached hydrogen (secondary N) is 1. The first kappa shape index (κ1) is 14.8. The second kappa shape index (κ2) is 6.25. The molecule has 19 heavy (non-hydrogen) atoms. The van der Waals surface area contributed by atoms with Gasteiger partial charge in [-0.05, 0) is 56.8 Å². The summed E-state index contributed by atoms with van der Waals surface area (Å²) in [5, 5.41) is 4.44. The lowest BCUT2D eigenvalue weighted by Gasteiger charge is -2.34. The van der Waals surface area contributed by atoms with Gasteiger partial charge in [0, 0.05) is 17.7 Å². The number of ether oxygens (including phenoxy) is 1. The highest BCUT2D eigenvalue weighted by Crippen LogP contribution is 2.31. The number of benzene rings is 1. The standard InChI is InChI=1S/C16H24ClNO/c1-4-18-15(16(3)8-5-9-19-16)11-13-7-6-12(2)10-14(13)17/h6-7,10,15,18H,4-5,8-9,11H2,1-3H3. The van der Waals surface area contributed by atoms with Crippen LogP contribution in [0.4, 0.5) is 0 Å². The summed E-state index contributed by atoms with van der Waals surface area (Å²) >= 11 is 6.36. The van der Waals surface area contributed by atoms with Gasteiger partial charge in [0.15, 0.2) is 0 Å². The molecule has 1 aliphatic heterocycles. The average Bonchev–Trinajstić information content (AvgIpc) is 2.80. The normalized spacial score (nSPS) is 24.6. The summed E-state index contributed by atoms with van der Waals surface area (Å²) in [5.41, 5.74) is 2.34. The van der Waals surface area contributed by atoms with Crippen molar-refractivity contribution in [3.8, 4) is 0 Å². The summed E-state index contributed by atoms with van der Waals surface area (Å²) in [6.07, 6.45) is 3.19. The predicted octanol–water partition coefficient (Wildman–Crippen LogP) is 3.74. The minimum absolute atomic E-state index is 0.0653. The molecule has 0 amide bonds. The van der Waals surface area contributed by atoms with Gasteiger partial charge in [-0.15, -0.1) is 0 Å². The van der Waals surface area contributed by atoms with E-state index in [0.717, 1.165) is 37.4 Å². The molecule has 1 heterocycles. The van der Waals surface area contributed by atoms with Crippen LogP contribution in [0.1, 0.15) is 37.8 Å². The molecular weight excluding hydrogens is 258 g/mol. The van der Waals surface area contributed by atoms with Crippen molar-refractivity contribution >= 4 is 11.6 Å². The molecule has 3 heteroatoms. The topological polar surface area (TPSA) is 21.3 Å². The van der Waals surface area contributed by atoms with Crippen LogP contribution in [0.15, 0.2) is 18.2 Å². The van der Waals surface area contributed by atoms with E-state index < -0.39 is 0 Å². The molecule has 0 aliphatic carbocycles. The Labute approximate surface area is 121 Å². The summed E-state index contributed by atoms with van der Waals surface area (Å²) in [6, 6.07) is 6.63. The van der Waals surface area contributed by atoms with Crippen molar-refractivity contribution in [3.05, 3.63) is 34.3 Å². The van der Waals surface area contributed by atoms with Crippen molar-refractivity contribution < 1.29 is 4.74 Å². The second-order valence-corrected chi connectivity index (χ2v) is 6.08. The molecule has 0 spiro atoms. The van der Waals surface area contributed by atoms with Gasteiger partial charge in [0.2, 0.25) is 0 Å². The maximum absolute atomic E-state index is 6.36. The van der Waals surface area contributed by atoms with Crippen molar-refractivity contribution in [3.63, 3.8) is 0 Å². The van der Waals surface area contributed by atoms with Crippen LogP contribution in [0, 0.1) is 6.92 Å². The molecule has 0 radical (unpaired) electrons. The van der Waals surface area contributed by atoms with Crippen molar-refractivity contribution in [2.75, 3.05) is 13.2 Å². The Morgan fingerprint density at radius 2 is 2.26 bits per heavy atom. The summed E-state index contributed by atoms with van der Waals surface area (Å²) < 4.78 is 5.99. The monoisotopic (exact) mass is 281 g/mol. The average molecular weight is 282 g/mol. The quantitative estimate of drug-likeness (QED) is 0.888. The number of aryl methyl sites for hydroxylation is 1. The maximum atomic E-state index is 6.36. The van der Waals surface area contributed by atoms with Crippen LogP contribution < -0.4 is 5.32 Å². The minimum Gasteiger partial charge on any atom is -0.374 e. The Morgan fingerprint density at radius 3 is 2.84 bits per heavy atom. The highest BCUT2D eigenvalue weighted by atomic mass is 35.5. The van der Waals surface area contributed by atoms with Crippen molar-refractivity contribution in [2.24, 2.45) is 0 Å². The van der Waals surface area contributed by atoms with Crippen LogP contribution in [0.5, 0.6) is 0 Å². The van der Waals surface area contributed by atoms with E-state index in [0.29, 0.717) is 6.04 Å². The molecule has 106 valence electrons. The highest BCUT2D eigenvalue weighted by Gasteiger charge is 2.38. The Morgan fingerprint density at radius 1 is 1.47 bits per heavy atom. The van der Waals surface area contributed by atoms with Gasteiger partial charge in [-0.25, -0.2) is 0 Å². The Kier molecular flexibility index (Phi) is 4.88. The van der Waals surface area contributed by atoms with E-state index in [1.807, 2.05) is 6.07 Å². The first-order valence-electron chi connectivity index (χ1n) is 7.17. The number of rotatable bonds is 5. The zero-order valence-corrected chi connectivity index (χ0v) is 12.9. The minimum atomic E-state index is -0.0653. The van der Waals surface area contributed by atoms with Crippen molar-refractivity contribution in [1.29, 1.82) is 0 Å².